The highest BCUT2D eigenvalue weighted by molar-refractivity contribution is 6.04. The molecule has 164 valence electrons. The molecule has 31 heavy (non-hydrogen) atoms. The number of benzene rings is 1. The van der Waals surface area contributed by atoms with Gasteiger partial charge in [-0.25, -0.2) is 9.59 Å². The van der Waals surface area contributed by atoms with Crippen molar-refractivity contribution in [3.63, 3.8) is 0 Å². The van der Waals surface area contributed by atoms with E-state index in [0.717, 1.165) is 0 Å². The molecule has 1 aromatic carbocycles. The zero-order valence-corrected chi connectivity index (χ0v) is 17.5. The van der Waals surface area contributed by atoms with Gasteiger partial charge in [-0.05, 0) is 25.5 Å². The number of aliphatic hydroxyl groups is 1. The average Bonchev–Trinajstić information content (AvgIpc) is 3.23. The topological polar surface area (TPSA) is 126 Å². The van der Waals surface area contributed by atoms with E-state index in [1.807, 2.05) is 6.92 Å². The molecule has 2 saturated heterocycles. The van der Waals surface area contributed by atoms with Crippen LogP contribution >= 0.6 is 0 Å². The number of aliphatic hydroxyl groups excluding tert-OH is 1. The Labute approximate surface area is 178 Å². The second-order valence-electron chi connectivity index (χ2n) is 7.83. The van der Waals surface area contributed by atoms with Gasteiger partial charge in [-0.3, -0.25) is 9.36 Å². The van der Waals surface area contributed by atoms with E-state index in [-0.39, 0.29) is 24.3 Å². The van der Waals surface area contributed by atoms with Crippen molar-refractivity contribution in [2.45, 2.75) is 44.2 Å². The number of amides is 3. The lowest BCUT2D eigenvalue weighted by atomic mass is 9.96. The number of carbonyl (C=O) groups is 2. The van der Waals surface area contributed by atoms with Gasteiger partial charge in [0, 0.05) is 24.4 Å². The van der Waals surface area contributed by atoms with Crippen molar-refractivity contribution in [1.82, 2.24) is 19.8 Å². The first-order valence-electron chi connectivity index (χ1n) is 10.1. The number of nitrogens with zero attached hydrogens (tertiary/aromatic N) is 3. The van der Waals surface area contributed by atoms with Crippen LogP contribution < -0.4 is 16.3 Å². The largest absolute Gasteiger partial charge is 0.388 e. The van der Waals surface area contributed by atoms with Crippen LogP contribution in [0.25, 0.3) is 0 Å². The Bertz CT molecular complexity index is 1070. The lowest BCUT2D eigenvalue weighted by Crippen LogP contribution is -2.52. The highest BCUT2D eigenvalue weighted by atomic mass is 16.6. The molecule has 0 aliphatic carbocycles. The summed E-state index contributed by atoms with van der Waals surface area (Å²) in [6, 6.07) is 7.53. The minimum Gasteiger partial charge on any atom is -0.388 e. The van der Waals surface area contributed by atoms with Crippen molar-refractivity contribution in [2.75, 3.05) is 18.9 Å². The van der Waals surface area contributed by atoms with Crippen LogP contribution in [0.3, 0.4) is 0 Å². The predicted octanol–water partition coefficient (Wildman–Crippen LogP) is 0.866. The van der Waals surface area contributed by atoms with Crippen LogP contribution in [0.15, 0.2) is 41.3 Å². The molecule has 10 heteroatoms. The highest BCUT2D eigenvalue weighted by Gasteiger charge is 2.64. The summed E-state index contributed by atoms with van der Waals surface area (Å²) in [5.41, 5.74) is -0.614. The molecule has 1 aromatic heterocycles. The van der Waals surface area contributed by atoms with Gasteiger partial charge in [0.15, 0.2) is 6.23 Å². The number of hydrogen-bond donors (Lipinski definition) is 3. The number of fused-ring (bicyclic) bond motifs is 2. The monoisotopic (exact) mass is 427 g/mol. The van der Waals surface area contributed by atoms with Gasteiger partial charge in [-0.2, -0.15) is 4.98 Å². The number of carbonyl (C=O) groups excluding carboxylic acids is 2. The molecule has 3 amide bonds. The van der Waals surface area contributed by atoms with E-state index in [1.165, 1.54) is 22.7 Å². The van der Waals surface area contributed by atoms with Crippen LogP contribution in [0.1, 0.15) is 35.5 Å². The predicted molar refractivity (Wildman–Crippen MR) is 112 cm³/mol. The highest BCUT2D eigenvalue weighted by Crippen LogP contribution is 2.47. The van der Waals surface area contributed by atoms with Crippen molar-refractivity contribution in [3.8, 4) is 0 Å². The molecular weight excluding hydrogens is 402 g/mol. The summed E-state index contributed by atoms with van der Waals surface area (Å²) in [4.78, 5) is 43.1. The van der Waals surface area contributed by atoms with Gasteiger partial charge in [0.25, 0.3) is 5.91 Å². The standard InChI is InChI=1S/C21H25N5O5/c1-4-21-11-26(19(29)22-3)14(15(21)27)18(31-21)25-10-12(2)16(24-20(25)30)23-17(28)13-8-6-5-7-9-13/h5-10,14-15,18,27H,4,11H2,1-3H3,(H,22,29)(H,23,24,28,30)/t14-,15+,18-,21+/m1/s1. The fraction of sp³-hybridized carbons (Fsp3) is 0.429. The smallest absolute Gasteiger partial charge is 0.351 e. The first-order valence-corrected chi connectivity index (χ1v) is 10.1. The van der Waals surface area contributed by atoms with Gasteiger partial charge >= 0.3 is 11.7 Å². The second-order valence-corrected chi connectivity index (χ2v) is 7.83. The van der Waals surface area contributed by atoms with E-state index in [1.54, 1.807) is 37.3 Å². The van der Waals surface area contributed by atoms with E-state index in [9.17, 15) is 19.5 Å². The minimum atomic E-state index is -0.949. The molecule has 2 bridgehead atoms. The van der Waals surface area contributed by atoms with Crippen molar-refractivity contribution >= 4 is 17.8 Å². The second kappa shape index (κ2) is 7.78. The number of anilines is 1. The van der Waals surface area contributed by atoms with Crippen molar-refractivity contribution in [2.24, 2.45) is 0 Å². The number of rotatable bonds is 4. The lowest BCUT2D eigenvalue weighted by Gasteiger charge is -2.36. The van der Waals surface area contributed by atoms with Crippen LogP contribution in [0.5, 0.6) is 0 Å². The van der Waals surface area contributed by atoms with Crippen molar-refractivity contribution in [1.29, 1.82) is 0 Å². The summed E-state index contributed by atoms with van der Waals surface area (Å²) in [6.45, 7) is 3.81. The molecule has 2 fully saturated rings. The summed E-state index contributed by atoms with van der Waals surface area (Å²) in [7, 11) is 1.51. The molecule has 2 aliphatic heterocycles. The minimum absolute atomic E-state index is 0.146. The van der Waals surface area contributed by atoms with E-state index in [0.29, 0.717) is 17.5 Å². The van der Waals surface area contributed by atoms with E-state index in [4.69, 9.17) is 4.74 Å². The molecule has 0 saturated carbocycles. The van der Waals surface area contributed by atoms with Gasteiger partial charge in [-0.1, -0.05) is 25.1 Å². The summed E-state index contributed by atoms with van der Waals surface area (Å²) in [5.74, 6) is -0.233. The van der Waals surface area contributed by atoms with Gasteiger partial charge < -0.3 is 25.4 Å². The Balaban J connectivity index is 1.65. The van der Waals surface area contributed by atoms with Crippen LogP contribution in [0, 0.1) is 6.92 Å². The summed E-state index contributed by atoms with van der Waals surface area (Å²) >= 11 is 0. The number of aryl methyl sites for hydroxylation is 1. The fourth-order valence-corrected chi connectivity index (χ4v) is 4.32. The molecule has 2 aromatic rings. The Morgan fingerprint density at radius 2 is 2.03 bits per heavy atom. The summed E-state index contributed by atoms with van der Waals surface area (Å²) in [5, 5.41) is 16.1. The number of ether oxygens (including phenoxy) is 1. The molecule has 2 aliphatic rings. The number of morpholine rings is 1. The van der Waals surface area contributed by atoms with E-state index >= 15 is 0 Å². The van der Waals surface area contributed by atoms with E-state index < -0.39 is 29.7 Å². The third-order valence-corrected chi connectivity index (χ3v) is 6.06. The zero-order valence-electron chi connectivity index (χ0n) is 17.5. The van der Waals surface area contributed by atoms with Crippen LogP contribution in [0.2, 0.25) is 0 Å². The third kappa shape index (κ3) is 3.37. The normalized spacial score (nSPS) is 26.7. The molecule has 4 atom stereocenters. The maximum Gasteiger partial charge on any atom is 0.351 e. The Morgan fingerprint density at radius 3 is 2.65 bits per heavy atom. The summed E-state index contributed by atoms with van der Waals surface area (Å²) < 4.78 is 7.38. The maximum atomic E-state index is 12.8. The van der Waals surface area contributed by atoms with E-state index in [2.05, 4.69) is 15.6 Å². The maximum absolute atomic E-state index is 12.8. The molecule has 0 unspecified atom stereocenters. The van der Waals surface area contributed by atoms with Crippen LogP contribution in [0.4, 0.5) is 10.6 Å². The SMILES string of the molecule is CC[C@@]12CN(C(=O)NC)[C@@H]([C@H](n3cc(C)c(NC(=O)c4ccccc4)nc3=O)O1)[C@@H]2O. The number of aromatic nitrogens is 2. The quantitative estimate of drug-likeness (QED) is 0.665. The number of nitrogens with one attached hydrogen (secondary N) is 2. The molecular formula is C21H25N5O5. The Kier molecular flexibility index (Phi) is 5.28. The zero-order chi connectivity index (χ0) is 22.3. The van der Waals surface area contributed by atoms with Gasteiger partial charge in [0.1, 0.15) is 23.6 Å². The fourth-order valence-electron chi connectivity index (χ4n) is 4.32. The summed E-state index contributed by atoms with van der Waals surface area (Å²) in [6.07, 6.45) is 0.170. The van der Waals surface area contributed by atoms with Crippen LogP contribution in [-0.2, 0) is 4.74 Å². The molecule has 3 N–H and O–H groups in total. The Morgan fingerprint density at radius 1 is 1.32 bits per heavy atom. The van der Waals surface area contributed by atoms with Gasteiger partial charge in [0.2, 0.25) is 0 Å². The lowest BCUT2D eigenvalue weighted by molar-refractivity contribution is -0.130. The molecule has 10 nitrogen and oxygen atoms in total. The van der Waals surface area contributed by atoms with Gasteiger partial charge in [-0.15, -0.1) is 0 Å². The molecule has 0 radical (unpaired) electrons. The van der Waals surface area contributed by atoms with Crippen molar-refractivity contribution < 1.29 is 19.4 Å². The first-order chi connectivity index (χ1) is 14.8. The molecule has 4 rings (SSSR count). The Hall–Kier alpha value is -3.24. The van der Waals surface area contributed by atoms with Crippen molar-refractivity contribution in [3.05, 3.63) is 58.1 Å². The third-order valence-electron chi connectivity index (χ3n) is 6.06. The number of urea groups is 1. The van der Waals surface area contributed by atoms with Gasteiger partial charge in [0.05, 0.1) is 6.54 Å². The number of likely N-dealkylation sites (tertiary alicyclic amines) is 1. The first kappa shape index (κ1) is 21.0. The van der Waals surface area contributed by atoms with Crippen LogP contribution in [-0.4, -0.2) is 62.8 Å². The number of hydrogen-bond acceptors (Lipinski definition) is 6. The average molecular weight is 427 g/mol. The molecule has 0 spiro atoms. The molecule has 3 heterocycles.